The molecular formula is C22H29ClN3O+. The number of halogens is 1. The third-order valence-electron chi connectivity index (χ3n) is 5.27. The van der Waals surface area contributed by atoms with Gasteiger partial charge in [-0.3, -0.25) is 4.79 Å². The first kappa shape index (κ1) is 19.7. The van der Waals surface area contributed by atoms with E-state index in [1.807, 2.05) is 18.2 Å². The Bertz CT molecular complexity index is 798. The second-order valence-corrected chi connectivity index (χ2v) is 8.01. The molecule has 5 heteroatoms. The molecule has 0 atom stereocenters. The van der Waals surface area contributed by atoms with Gasteiger partial charge in [0.05, 0.1) is 36.9 Å². The number of aryl methyl sites for hydroxylation is 1. The molecule has 4 nitrogen and oxygen atoms in total. The summed E-state index contributed by atoms with van der Waals surface area (Å²) in [7, 11) is 0. The Morgan fingerprint density at radius 2 is 1.85 bits per heavy atom. The lowest BCUT2D eigenvalue weighted by atomic mass is 9.98. The van der Waals surface area contributed by atoms with Gasteiger partial charge in [-0.25, -0.2) is 0 Å². The molecule has 1 fully saturated rings. The minimum absolute atomic E-state index is 0.0902. The Hall–Kier alpha value is -2.04. The van der Waals surface area contributed by atoms with Crippen LogP contribution in [0.4, 0.5) is 11.4 Å². The maximum atomic E-state index is 12.6. The first-order valence-corrected chi connectivity index (χ1v) is 10.1. The van der Waals surface area contributed by atoms with Crippen molar-refractivity contribution < 1.29 is 9.69 Å². The van der Waals surface area contributed by atoms with Crippen molar-refractivity contribution in [3.05, 3.63) is 58.6 Å². The van der Waals surface area contributed by atoms with E-state index < -0.39 is 0 Å². The van der Waals surface area contributed by atoms with Crippen LogP contribution in [0.5, 0.6) is 0 Å². The summed E-state index contributed by atoms with van der Waals surface area (Å²) in [5, 5.41) is 3.96. The number of benzene rings is 2. The van der Waals surface area contributed by atoms with E-state index in [9.17, 15) is 4.79 Å². The number of para-hydroxylation sites is 2. The first-order chi connectivity index (χ1) is 13.0. The van der Waals surface area contributed by atoms with Gasteiger partial charge in [0.25, 0.3) is 5.91 Å². The number of anilines is 2. The van der Waals surface area contributed by atoms with Crippen LogP contribution in [-0.2, 0) is 4.79 Å². The quantitative estimate of drug-likeness (QED) is 0.828. The summed E-state index contributed by atoms with van der Waals surface area (Å²) in [5.41, 5.74) is 4.38. The number of hydrogen-bond acceptors (Lipinski definition) is 2. The molecule has 1 aliphatic heterocycles. The smallest absolute Gasteiger partial charge is 0.279 e. The van der Waals surface area contributed by atoms with Crippen LogP contribution in [0.1, 0.15) is 30.9 Å². The lowest BCUT2D eigenvalue weighted by Gasteiger charge is -2.33. The van der Waals surface area contributed by atoms with Crippen LogP contribution in [-0.4, -0.2) is 38.6 Å². The fourth-order valence-electron chi connectivity index (χ4n) is 3.70. The van der Waals surface area contributed by atoms with Crippen LogP contribution in [0, 0.1) is 6.92 Å². The van der Waals surface area contributed by atoms with E-state index in [4.69, 9.17) is 11.6 Å². The molecule has 1 aliphatic rings. The van der Waals surface area contributed by atoms with Gasteiger partial charge < -0.3 is 15.1 Å². The molecule has 0 unspecified atom stereocenters. The standard InChI is InChI=1S/C22H28ClN3O/c1-16(2)18-8-6-7-17(3)22(18)24-21(27)15-25-11-13-26(14-12-25)20-10-5-4-9-19(20)23/h4-10,16H,11-15H2,1-3H3,(H,24,27)/p+1. The molecule has 0 spiro atoms. The zero-order chi connectivity index (χ0) is 19.4. The zero-order valence-corrected chi connectivity index (χ0v) is 17.1. The SMILES string of the molecule is Cc1cccc(C(C)C)c1NC(=O)C[NH+]1CCN(c2ccccc2Cl)CC1. The number of rotatable bonds is 5. The van der Waals surface area contributed by atoms with Crippen LogP contribution in [0.25, 0.3) is 0 Å². The third-order valence-corrected chi connectivity index (χ3v) is 5.59. The molecule has 1 amide bonds. The third kappa shape index (κ3) is 4.82. The van der Waals surface area contributed by atoms with Gasteiger partial charge in [-0.05, 0) is 36.1 Å². The van der Waals surface area contributed by atoms with E-state index in [1.165, 1.54) is 10.5 Å². The van der Waals surface area contributed by atoms with Gasteiger partial charge in [-0.2, -0.15) is 0 Å². The summed E-state index contributed by atoms with van der Waals surface area (Å²) in [4.78, 5) is 16.3. The highest BCUT2D eigenvalue weighted by molar-refractivity contribution is 6.33. The second kappa shape index (κ2) is 8.77. The topological polar surface area (TPSA) is 36.8 Å². The molecule has 0 aromatic heterocycles. The number of carbonyl (C=O) groups is 1. The zero-order valence-electron chi connectivity index (χ0n) is 16.4. The van der Waals surface area contributed by atoms with Gasteiger partial charge in [0.15, 0.2) is 6.54 Å². The van der Waals surface area contributed by atoms with Crippen molar-refractivity contribution in [3.8, 4) is 0 Å². The number of carbonyl (C=O) groups excluding carboxylic acids is 1. The molecule has 1 saturated heterocycles. The number of nitrogens with one attached hydrogen (secondary N) is 2. The second-order valence-electron chi connectivity index (χ2n) is 7.61. The van der Waals surface area contributed by atoms with Gasteiger partial charge in [0.2, 0.25) is 0 Å². The highest BCUT2D eigenvalue weighted by Crippen LogP contribution is 2.27. The molecule has 0 bridgehead atoms. The van der Waals surface area contributed by atoms with Crippen molar-refractivity contribution in [2.24, 2.45) is 0 Å². The van der Waals surface area contributed by atoms with E-state index in [-0.39, 0.29) is 5.91 Å². The van der Waals surface area contributed by atoms with Gasteiger partial charge in [0.1, 0.15) is 0 Å². The fourth-order valence-corrected chi connectivity index (χ4v) is 3.96. The summed E-state index contributed by atoms with van der Waals surface area (Å²) in [6.45, 7) is 10.6. The molecule has 144 valence electrons. The minimum Gasteiger partial charge on any atom is -0.359 e. The normalized spacial score (nSPS) is 15.2. The van der Waals surface area contributed by atoms with Crippen LogP contribution in [0.3, 0.4) is 0 Å². The van der Waals surface area contributed by atoms with Crippen LogP contribution < -0.4 is 15.1 Å². The first-order valence-electron chi connectivity index (χ1n) is 9.68. The number of nitrogens with zero attached hydrogens (tertiary/aromatic N) is 1. The summed E-state index contributed by atoms with van der Waals surface area (Å²) in [6.07, 6.45) is 0. The Labute approximate surface area is 167 Å². The van der Waals surface area contributed by atoms with Crippen LogP contribution >= 0.6 is 11.6 Å². The summed E-state index contributed by atoms with van der Waals surface area (Å²) >= 11 is 6.31. The Morgan fingerprint density at radius 3 is 2.52 bits per heavy atom. The lowest BCUT2D eigenvalue weighted by molar-refractivity contribution is -0.892. The van der Waals surface area contributed by atoms with Gasteiger partial charge in [-0.15, -0.1) is 0 Å². The monoisotopic (exact) mass is 386 g/mol. The van der Waals surface area contributed by atoms with E-state index >= 15 is 0 Å². The van der Waals surface area contributed by atoms with E-state index in [0.717, 1.165) is 48.1 Å². The predicted molar refractivity (Wildman–Crippen MR) is 113 cm³/mol. The van der Waals surface area contributed by atoms with Gasteiger partial charge in [-0.1, -0.05) is 55.8 Å². The highest BCUT2D eigenvalue weighted by Gasteiger charge is 2.24. The molecule has 3 rings (SSSR count). The maximum Gasteiger partial charge on any atom is 0.279 e. The Kier molecular flexibility index (Phi) is 6.40. The molecule has 0 radical (unpaired) electrons. The molecule has 2 aromatic carbocycles. The van der Waals surface area contributed by atoms with Crippen molar-refractivity contribution in [3.63, 3.8) is 0 Å². The van der Waals surface area contributed by atoms with Crippen molar-refractivity contribution in [2.75, 3.05) is 42.9 Å². The molecule has 0 saturated carbocycles. The van der Waals surface area contributed by atoms with E-state index in [0.29, 0.717) is 12.5 Å². The summed E-state index contributed by atoms with van der Waals surface area (Å²) < 4.78 is 0. The van der Waals surface area contributed by atoms with Gasteiger partial charge >= 0.3 is 0 Å². The molecule has 0 aliphatic carbocycles. The number of hydrogen-bond donors (Lipinski definition) is 2. The maximum absolute atomic E-state index is 12.6. The molecule has 2 aromatic rings. The van der Waals surface area contributed by atoms with Crippen LogP contribution in [0.2, 0.25) is 5.02 Å². The van der Waals surface area contributed by atoms with Crippen LogP contribution in [0.15, 0.2) is 42.5 Å². The Balaban J connectivity index is 1.57. The average molecular weight is 387 g/mol. The molecule has 2 N–H and O–H groups in total. The number of amides is 1. The van der Waals surface area contributed by atoms with Crippen molar-refractivity contribution in [1.29, 1.82) is 0 Å². The average Bonchev–Trinajstić information content (AvgIpc) is 2.64. The van der Waals surface area contributed by atoms with E-state index in [1.54, 1.807) is 0 Å². The summed E-state index contributed by atoms with van der Waals surface area (Å²) in [6, 6.07) is 14.2. The van der Waals surface area contributed by atoms with E-state index in [2.05, 4.69) is 55.3 Å². The lowest BCUT2D eigenvalue weighted by Crippen LogP contribution is -3.15. The molecule has 1 heterocycles. The number of quaternary nitrogens is 1. The largest absolute Gasteiger partial charge is 0.359 e. The van der Waals surface area contributed by atoms with Gasteiger partial charge in [0, 0.05) is 5.69 Å². The number of piperazine rings is 1. The predicted octanol–water partition coefficient (Wildman–Crippen LogP) is 3.12. The molecule has 27 heavy (non-hydrogen) atoms. The Morgan fingerprint density at radius 1 is 1.15 bits per heavy atom. The van der Waals surface area contributed by atoms with Crippen molar-refractivity contribution >= 4 is 28.9 Å². The molecular weight excluding hydrogens is 358 g/mol. The highest BCUT2D eigenvalue weighted by atomic mass is 35.5. The van der Waals surface area contributed by atoms with Crippen molar-refractivity contribution in [1.82, 2.24) is 0 Å². The van der Waals surface area contributed by atoms with Crippen molar-refractivity contribution in [2.45, 2.75) is 26.7 Å². The minimum atomic E-state index is 0.0902. The fraction of sp³-hybridized carbons (Fsp3) is 0.409. The summed E-state index contributed by atoms with van der Waals surface area (Å²) in [5.74, 6) is 0.471.